The number of likely N-dealkylation sites (tertiary alicyclic amines) is 1. The molecular weight excluding hydrogens is 242 g/mol. The molecule has 1 aliphatic heterocycles. The number of nitrogens with zero attached hydrogens (tertiary/aromatic N) is 1. The lowest BCUT2D eigenvalue weighted by molar-refractivity contribution is 0.0398. The molecule has 1 aliphatic carbocycles. The molecule has 0 aromatic heterocycles. The van der Waals surface area contributed by atoms with E-state index in [2.05, 4.69) is 62.9 Å². The Bertz CT molecular complexity index is 526. The lowest BCUT2D eigenvalue weighted by atomic mass is 9.59. The Morgan fingerprint density at radius 3 is 2.85 bits per heavy atom. The summed E-state index contributed by atoms with van der Waals surface area (Å²) in [6.45, 7) is 11.7. The van der Waals surface area contributed by atoms with Crippen LogP contribution in [0.1, 0.15) is 45.2 Å². The molecule has 2 bridgehead atoms. The average molecular weight is 269 g/mol. The highest BCUT2D eigenvalue weighted by Gasteiger charge is 2.47. The molecule has 0 saturated carbocycles. The molecule has 108 valence electrons. The van der Waals surface area contributed by atoms with Crippen molar-refractivity contribution in [3.05, 3.63) is 47.0 Å². The van der Waals surface area contributed by atoms with Crippen molar-refractivity contribution in [2.45, 2.75) is 52.0 Å². The van der Waals surface area contributed by atoms with Crippen molar-refractivity contribution in [2.75, 3.05) is 13.1 Å². The number of benzene rings is 1. The Hall–Kier alpha value is -1.08. The largest absolute Gasteiger partial charge is 0.296 e. The highest BCUT2D eigenvalue weighted by molar-refractivity contribution is 5.39. The van der Waals surface area contributed by atoms with Crippen LogP contribution in [0.4, 0.5) is 0 Å². The summed E-state index contributed by atoms with van der Waals surface area (Å²) in [6, 6.07) is 9.84. The minimum atomic E-state index is 0.376. The molecule has 1 heterocycles. The summed E-state index contributed by atoms with van der Waals surface area (Å²) in [5.74, 6) is 0.747. The Balaban J connectivity index is 1.93. The third-order valence-electron chi connectivity index (χ3n) is 5.77. The summed E-state index contributed by atoms with van der Waals surface area (Å²) in [4.78, 5) is 2.70. The average Bonchev–Trinajstić information content (AvgIpc) is 2.42. The summed E-state index contributed by atoms with van der Waals surface area (Å²) in [6.07, 6.45) is 4.90. The minimum Gasteiger partial charge on any atom is -0.296 e. The molecule has 0 N–H and O–H groups in total. The highest BCUT2D eigenvalue weighted by atomic mass is 15.2. The van der Waals surface area contributed by atoms with Crippen LogP contribution in [0.5, 0.6) is 0 Å². The van der Waals surface area contributed by atoms with Crippen molar-refractivity contribution < 1.29 is 0 Å². The minimum absolute atomic E-state index is 0.376. The van der Waals surface area contributed by atoms with Crippen LogP contribution in [0.15, 0.2) is 35.9 Å². The molecule has 0 radical (unpaired) electrons. The van der Waals surface area contributed by atoms with E-state index in [0.29, 0.717) is 11.5 Å². The number of hydrogen-bond acceptors (Lipinski definition) is 1. The highest BCUT2D eigenvalue weighted by Crippen LogP contribution is 2.48. The first-order valence-corrected chi connectivity index (χ1v) is 7.98. The van der Waals surface area contributed by atoms with Gasteiger partial charge in [0, 0.05) is 12.6 Å². The maximum absolute atomic E-state index is 2.70. The fraction of sp³-hybridized carbons (Fsp3) is 0.579. The molecular formula is C19H27N. The smallest absolute Gasteiger partial charge is 0.0173 e. The molecule has 1 aromatic carbocycles. The zero-order valence-electron chi connectivity index (χ0n) is 13.3. The van der Waals surface area contributed by atoms with Crippen molar-refractivity contribution >= 4 is 0 Å². The van der Waals surface area contributed by atoms with Gasteiger partial charge >= 0.3 is 0 Å². The lowest BCUT2D eigenvalue weighted by Crippen LogP contribution is -2.57. The van der Waals surface area contributed by atoms with E-state index in [4.69, 9.17) is 0 Å². The fourth-order valence-electron chi connectivity index (χ4n) is 4.20. The predicted octanol–water partition coefficient (Wildman–Crippen LogP) is 4.18. The summed E-state index contributed by atoms with van der Waals surface area (Å²) in [5.41, 5.74) is 5.01. The van der Waals surface area contributed by atoms with E-state index in [1.807, 2.05) is 0 Å². The van der Waals surface area contributed by atoms with E-state index in [-0.39, 0.29) is 0 Å². The predicted molar refractivity (Wildman–Crippen MR) is 86.1 cm³/mol. The van der Waals surface area contributed by atoms with Crippen molar-refractivity contribution in [1.82, 2.24) is 4.90 Å². The first-order valence-electron chi connectivity index (χ1n) is 7.98. The van der Waals surface area contributed by atoms with E-state index < -0.39 is 0 Å². The van der Waals surface area contributed by atoms with Gasteiger partial charge < -0.3 is 0 Å². The number of piperidine rings is 1. The molecule has 20 heavy (non-hydrogen) atoms. The summed E-state index contributed by atoms with van der Waals surface area (Å²) < 4.78 is 0. The van der Waals surface area contributed by atoms with Crippen LogP contribution < -0.4 is 0 Å². The van der Waals surface area contributed by atoms with Crippen LogP contribution in [-0.2, 0) is 11.8 Å². The number of fused-ring (bicyclic) bond motifs is 4. The Kier molecular flexibility index (Phi) is 3.50. The zero-order chi connectivity index (χ0) is 14.3. The van der Waals surface area contributed by atoms with Crippen LogP contribution in [0.25, 0.3) is 0 Å². The van der Waals surface area contributed by atoms with Crippen LogP contribution in [-0.4, -0.2) is 24.0 Å². The first kappa shape index (κ1) is 13.9. The SMILES string of the molecule is CC(C)=CCN1CC[C@@]2(C)c3ccccc3C[C@@H]1[C@@H]2C. The van der Waals surface area contributed by atoms with Gasteiger partial charge in [0.25, 0.3) is 0 Å². The van der Waals surface area contributed by atoms with Crippen molar-refractivity contribution in [2.24, 2.45) is 5.92 Å². The third kappa shape index (κ3) is 2.13. The topological polar surface area (TPSA) is 3.24 Å². The van der Waals surface area contributed by atoms with Gasteiger partial charge in [-0.2, -0.15) is 0 Å². The normalized spacial score (nSPS) is 32.6. The van der Waals surface area contributed by atoms with Gasteiger partial charge in [0.1, 0.15) is 0 Å². The van der Waals surface area contributed by atoms with Crippen LogP contribution >= 0.6 is 0 Å². The van der Waals surface area contributed by atoms with E-state index in [0.717, 1.165) is 12.5 Å². The second kappa shape index (κ2) is 5.04. The molecule has 1 saturated heterocycles. The van der Waals surface area contributed by atoms with E-state index >= 15 is 0 Å². The maximum atomic E-state index is 2.70. The lowest BCUT2D eigenvalue weighted by Gasteiger charge is -2.54. The van der Waals surface area contributed by atoms with Crippen molar-refractivity contribution in [3.8, 4) is 0 Å². The molecule has 3 rings (SSSR count). The summed E-state index contributed by atoms with van der Waals surface area (Å²) in [7, 11) is 0. The molecule has 1 nitrogen and oxygen atoms in total. The number of rotatable bonds is 2. The summed E-state index contributed by atoms with van der Waals surface area (Å²) in [5, 5.41) is 0. The van der Waals surface area contributed by atoms with Gasteiger partial charge in [-0.3, -0.25) is 4.90 Å². The van der Waals surface area contributed by atoms with E-state index in [9.17, 15) is 0 Å². The van der Waals surface area contributed by atoms with Gasteiger partial charge in [-0.15, -0.1) is 0 Å². The molecule has 0 spiro atoms. The molecule has 1 fully saturated rings. The van der Waals surface area contributed by atoms with Gasteiger partial charge in [-0.1, -0.05) is 49.8 Å². The Labute approximate surface area is 123 Å². The second-order valence-corrected chi connectivity index (χ2v) is 7.16. The first-order chi connectivity index (χ1) is 9.52. The van der Waals surface area contributed by atoms with Gasteiger partial charge in [0.15, 0.2) is 0 Å². The molecule has 1 heteroatoms. The van der Waals surface area contributed by atoms with Crippen molar-refractivity contribution in [3.63, 3.8) is 0 Å². The quantitative estimate of drug-likeness (QED) is 0.728. The van der Waals surface area contributed by atoms with Gasteiger partial charge in [0.2, 0.25) is 0 Å². The maximum Gasteiger partial charge on any atom is 0.0173 e. The van der Waals surface area contributed by atoms with Crippen LogP contribution in [0.2, 0.25) is 0 Å². The fourth-order valence-corrected chi connectivity index (χ4v) is 4.20. The number of allylic oxidation sites excluding steroid dienone is 1. The van der Waals surface area contributed by atoms with Gasteiger partial charge in [0.05, 0.1) is 0 Å². The van der Waals surface area contributed by atoms with E-state index in [1.165, 1.54) is 25.0 Å². The van der Waals surface area contributed by atoms with Crippen LogP contribution in [0, 0.1) is 5.92 Å². The molecule has 0 unspecified atom stereocenters. The third-order valence-corrected chi connectivity index (χ3v) is 5.77. The second-order valence-electron chi connectivity index (χ2n) is 7.16. The number of hydrogen-bond donors (Lipinski definition) is 0. The Morgan fingerprint density at radius 2 is 2.10 bits per heavy atom. The molecule has 2 aliphatic rings. The molecule has 0 amide bonds. The zero-order valence-corrected chi connectivity index (χ0v) is 13.3. The van der Waals surface area contributed by atoms with E-state index in [1.54, 1.807) is 11.1 Å². The standard InChI is InChI=1S/C19H27N/c1-14(2)9-11-20-12-10-19(4)15(3)18(20)13-16-7-5-6-8-17(16)19/h5-9,15,18H,10-13H2,1-4H3/t15-,18+,19+/m0/s1. The Morgan fingerprint density at radius 1 is 1.35 bits per heavy atom. The monoisotopic (exact) mass is 269 g/mol. The van der Waals surface area contributed by atoms with Gasteiger partial charge in [-0.05, 0) is 55.7 Å². The van der Waals surface area contributed by atoms with Gasteiger partial charge in [-0.25, -0.2) is 0 Å². The van der Waals surface area contributed by atoms with Crippen LogP contribution in [0.3, 0.4) is 0 Å². The summed E-state index contributed by atoms with van der Waals surface area (Å²) >= 11 is 0. The molecule has 1 aromatic rings. The molecule has 3 atom stereocenters. The van der Waals surface area contributed by atoms with Crippen molar-refractivity contribution in [1.29, 1.82) is 0 Å².